The van der Waals surface area contributed by atoms with Crippen molar-refractivity contribution in [3.63, 3.8) is 0 Å². The van der Waals surface area contributed by atoms with Gasteiger partial charge in [-0.25, -0.2) is 4.98 Å². The molecule has 0 aromatic carbocycles. The van der Waals surface area contributed by atoms with Crippen LogP contribution in [0, 0.1) is 0 Å². The van der Waals surface area contributed by atoms with Gasteiger partial charge < -0.3 is 9.64 Å². The van der Waals surface area contributed by atoms with Crippen molar-refractivity contribution in [3.05, 3.63) is 48.4 Å². The Morgan fingerprint density at radius 2 is 2.09 bits per heavy atom. The molecule has 1 unspecified atom stereocenters. The third-order valence-corrected chi connectivity index (χ3v) is 3.71. The number of rotatable bonds is 3. The molecule has 2 aromatic heterocycles. The molecule has 0 bridgehead atoms. The zero-order valence-corrected chi connectivity index (χ0v) is 12.3. The minimum atomic E-state index is -4.36. The molecule has 3 heterocycles. The fourth-order valence-corrected chi connectivity index (χ4v) is 2.62. The highest BCUT2D eigenvalue weighted by Crippen LogP contribution is 2.31. The average molecular weight is 323 g/mol. The topological polar surface area (TPSA) is 38.2 Å². The van der Waals surface area contributed by atoms with Crippen molar-refractivity contribution in [2.24, 2.45) is 0 Å². The predicted octanol–water partition coefficient (Wildman–Crippen LogP) is 3.54. The number of hydrogen-bond donors (Lipinski definition) is 0. The molecular formula is C16H16F3N3O. The lowest BCUT2D eigenvalue weighted by atomic mass is 10.1. The lowest BCUT2D eigenvalue weighted by molar-refractivity contribution is -0.137. The Balaban J connectivity index is 1.71. The second-order valence-electron chi connectivity index (χ2n) is 5.42. The van der Waals surface area contributed by atoms with Crippen LogP contribution in [0.4, 0.5) is 19.0 Å². The first-order valence-corrected chi connectivity index (χ1v) is 7.37. The molecule has 2 aromatic rings. The van der Waals surface area contributed by atoms with E-state index in [2.05, 4.69) is 9.97 Å². The van der Waals surface area contributed by atoms with Crippen molar-refractivity contribution in [1.29, 1.82) is 0 Å². The number of aromatic nitrogens is 2. The molecule has 1 aliphatic heterocycles. The van der Waals surface area contributed by atoms with E-state index >= 15 is 0 Å². The molecular weight excluding hydrogens is 307 g/mol. The first-order chi connectivity index (χ1) is 11.0. The monoisotopic (exact) mass is 323 g/mol. The Morgan fingerprint density at radius 3 is 2.83 bits per heavy atom. The highest BCUT2D eigenvalue weighted by Gasteiger charge is 2.32. The number of anilines is 1. The van der Waals surface area contributed by atoms with Crippen molar-refractivity contribution in [3.8, 4) is 5.75 Å². The summed E-state index contributed by atoms with van der Waals surface area (Å²) in [5, 5.41) is 0. The van der Waals surface area contributed by atoms with E-state index in [1.165, 1.54) is 6.20 Å². The van der Waals surface area contributed by atoms with Gasteiger partial charge in [0, 0.05) is 18.9 Å². The number of piperidine rings is 1. The summed E-state index contributed by atoms with van der Waals surface area (Å²) in [7, 11) is 0. The SMILES string of the molecule is FC(F)(F)c1ccnc(N2CCCC(Oc3cccnc3)C2)c1. The molecule has 0 amide bonds. The third kappa shape index (κ3) is 3.91. The number of alkyl halides is 3. The predicted molar refractivity (Wildman–Crippen MR) is 79.3 cm³/mol. The van der Waals surface area contributed by atoms with Gasteiger partial charge in [-0.15, -0.1) is 0 Å². The zero-order chi connectivity index (χ0) is 16.3. The average Bonchev–Trinajstić information content (AvgIpc) is 2.55. The van der Waals surface area contributed by atoms with Gasteiger partial charge in [0.1, 0.15) is 17.7 Å². The van der Waals surface area contributed by atoms with E-state index in [9.17, 15) is 13.2 Å². The molecule has 0 radical (unpaired) electrons. The van der Waals surface area contributed by atoms with Gasteiger partial charge in [-0.3, -0.25) is 4.98 Å². The lowest BCUT2D eigenvalue weighted by Crippen LogP contribution is -2.41. The molecule has 122 valence electrons. The van der Waals surface area contributed by atoms with Crippen LogP contribution in [0.3, 0.4) is 0 Å². The minimum Gasteiger partial charge on any atom is -0.487 e. The van der Waals surface area contributed by atoms with E-state index < -0.39 is 11.7 Å². The van der Waals surface area contributed by atoms with E-state index in [0.29, 0.717) is 24.7 Å². The molecule has 1 fully saturated rings. The molecule has 1 atom stereocenters. The Labute approximate surface area is 131 Å². The summed E-state index contributed by atoms with van der Waals surface area (Å²) in [6.07, 6.45) is 1.72. The fourth-order valence-electron chi connectivity index (χ4n) is 2.62. The molecule has 1 aliphatic rings. The van der Waals surface area contributed by atoms with Crippen molar-refractivity contribution >= 4 is 5.82 Å². The van der Waals surface area contributed by atoms with Gasteiger partial charge in [0.05, 0.1) is 18.3 Å². The van der Waals surface area contributed by atoms with E-state index in [1.807, 2.05) is 11.0 Å². The molecule has 3 rings (SSSR count). The molecule has 23 heavy (non-hydrogen) atoms. The van der Waals surface area contributed by atoms with Crippen LogP contribution in [0.1, 0.15) is 18.4 Å². The maximum atomic E-state index is 12.8. The number of hydrogen-bond acceptors (Lipinski definition) is 4. The Bertz CT molecular complexity index is 649. The number of halogens is 3. The quantitative estimate of drug-likeness (QED) is 0.866. The second-order valence-corrected chi connectivity index (χ2v) is 5.42. The highest BCUT2D eigenvalue weighted by atomic mass is 19.4. The number of pyridine rings is 2. The first-order valence-electron chi connectivity index (χ1n) is 7.37. The van der Waals surface area contributed by atoms with Crippen LogP contribution in [0.25, 0.3) is 0 Å². The van der Waals surface area contributed by atoms with Crippen molar-refractivity contribution in [1.82, 2.24) is 9.97 Å². The Hall–Kier alpha value is -2.31. The van der Waals surface area contributed by atoms with Gasteiger partial charge in [-0.2, -0.15) is 13.2 Å². The third-order valence-electron chi connectivity index (χ3n) is 3.71. The normalized spacial score (nSPS) is 18.7. The van der Waals surface area contributed by atoms with E-state index in [1.54, 1.807) is 18.5 Å². The fraction of sp³-hybridized carbons (Fsp3) is 0.375. The summed E-state index contributed by atoms with van der Waals surface area (Å²) >= 11 is 0. The van der Waals surface area contributed by atoms with Gasteiger partial charge in [-0.05, 0) is 37.1 Å². The van der Waals surface area contributed by atoms with Crippen LogP contribution >= 0.6 is 0 Å². The summed E-state index contributed by atoms with van der Waals surface area (Å²) in [6.45, 7) is 1.17. The smallest absolute Gasteiger partial charge is 0.416 e. The van der Waals surface area contributed by atoms with Crippen LogP contribution < -0.4 is 9.64 Å². The lowest BCUT2D eigenvalue weighted by Gasteiger charge is -2.33. The van der Waals surface area contributed by atoms with E-state index in [0.717, 1.165) is 25.0 Å². The molecule has 7 heteroatoms. The van der Waals surface area contributed by atoms with Gasteiger partial charge in [0.25, 0.3) is 0 Å². The van der Waals surface area contributed by atoms with Crippen LogP contribution in [0.5, 0.6) is 5.75 Å². The molecule has 1 saturated heterocycles. The molecule has 0 aliphatic carbocycles. The van der Waals surface area contributed by atoms with Crippen LogP contribution in [-0.2, 0) is 6.18 Å². The summed E-state index contributed by atoms with van der Waals surface area (Å²) in [5.41, 5.74) is -0.683. The van der Waals surface area contributed by atoms with Gasteiger partial charge in [-0.1, -0.05) is 0 Å². The van der Waals surface area contributed by atoms with Crippen molar-refractivity contribution in [2.75, 3.05) is 18.0 Å². The molecule has 0 N–H and O–H groups in total. The van der Waals surface area contributed by atoms with Crippen molar-refractivity contribution < 1.29 is 17.9 Å². The summed E-state index contributed by atoms with van der Waals surface area (Å²) < 4.78 is 44.3. The molecule has 4 nitrogen and oxygen atoms in total. The number of ether oxygens (including phenoxy) is 1. The maximum Gasteiger partial charge on any atom is 0.416 e. The molecule has 0 spiro atoms. The van der Waals surface area contributed by atoms with E-state index in [4.69, 9.17) is 4.74 Å². The van der Waals surface area contributed by atoms with Crippen LogP contribution in [-0.4, -0.2) is 29.2 Å². The zero-order valence-electron chi connectivity index (χ0n) is 12.3. The van der Waals surface area contributed by atoms with Gasteiger partial charge >= 0.3 is 6.18 Å². The Morgan fingerprint density at radius 1 is 1.22 bits per heavy atom. The maximum absolute atomic E-state index is 12.8. The molecule has 0 saturated carbocycles. The summed E-state index contributed by atoms with van der Waals surface area (Å²) in [5.74, 6) is 0.996. The van der Waals surface area contributed by atoms with E-state index in [-0.39, 0.29) is 6.10 Å². The van der Waals surface area contributed by atoms with Crippen LogP contribution in [0.2, 0.25) is 0 Å². The first kappa shape index (κ1) is 15.6. The summed E-state index contributed by atoms with van der Waals surface area (Å²) in [4.78, 5) is 9.90. The Kier molecular flexibility index (Phi) is 4.36. The van der Waals surface area contributed by atoms with Gasteiger partial charge in [0.15, 0.2) is 0 Å². The second kappa shape index (κ2) is 6.44. The highest BCUT2D eigenvalue weighted by molar-refractivity contribution is 5.42. The van der Waals surface area contributed by atoms with Crippen molar-refractivity contribution in [2.45, 2.75) is 25.1 Å². The minimum absolute atomic E-state index is 0.0932. The number of nitrogens with zero attached hydrogens (tertiary/aromatic N) is 3. The van der Waals surface area contributed by atoms with Crippen LogP contribution in [0.15, 0.2) is 42.9 Å². The summed E-state index contributed by atoms with van der Waals surface area (Å²) in [6, 6.07) is 5.67. The largest absolute Gasteiger partial charge is 0.487 e. The van der Waals surface area contributed by atoms with Gasteiger partial charge in [0.2, 0.25) is 0 Å². The standard InChI is InChI=1S/C16H16F3N3O/c17-16(18,19)12-5-7-21-15(9-12)22-8-2-4-14(11-22)23-13-3-1-6-20-10-13/h1,3,5-7,9-10,14H,2,4,8,11H2.